The van der Waals surface area contributed by atoms with Crippen molar-refractivity contribution in [2.75, 3.05) is 38.2 Å². The summed E-state index contributed by atoms with van der Waals surface area (Å²) in [5.74, 6) is 2.57. The Kier molecular flexibility index (Phi) is 5.02. The molecule has 0 unspecified atom stereocenters. The molecule has 0 amide bonds. The summed E-state index contributed by atoms with van der Waals surface area (Å²) in [7, 11) is 1.52. The number of hydrogen-bond acceptors (Lipinski definition) is 5. The summed E-state index contributed by atoms with van der Waals surface area (Å²) in [6.07, 6.45) is 7.36. The van der Waals surface area contributed by atoms with Crippen LogP contribution in [0.5, 0.6) is 5.75 Å². The average molecular weight is 359 g/mol. The van der Waals surface area contributed by atoms with Crippen molar-refractivity contribution < 1.29 is 9.66 Å². The molecule has 3 fully saturated rings. The van der Waals surface area contributed by atoms with E-state index in [2.05, 4.69) is 10.2 Å². The fourth-order valence-corrected chi connectivity index (χ4v) is 4.80. The predicted molar refractivity (Wildman–Crippen MR) is 102 cm³/mol. The van der Waals surface area contributed by atoms with Gasteiger partial charge in [0, 0.05) is 30.9 Å². The molecule has 3 aliphatic rings. The SMILES string of the molecule is COc1cc(N2CCC(C3CCNCC3)CC2)c(C2CC2)cc1[N+](=O)[O-]. The van der Waals surface area contributed by atoms with Gasteiger partial charge < -0.3 is 15.0 Å². The number of methoxy groups -OCH3 is 1. The molecular formula is C20H29N3O3. The molecule has 2 heterocycles. The minimum Gasteiger partial charge on any atom is -0.490 e. The van der Waals surface area contributed by atoms with E-state index in [1.807, 2.05) is 6.07 Å². The third-order valence-electron chi connectivity index (χ3n) is 6.47. The van der Waals surface area contributed by atoms with Crippen molar-refractivity contribution in [3.63, 3.8) is 0 Å². The number of anilines is 1. The van der Waals surface area contributed by atoms with E-state index in [4.69, 9.17) is 4.74 Å². The van der Waals surface area contributed by atoms with Crippen LogP contribution in [-0.2, 0) is 0 Å². The second-order valence-corrected chi connectivity index (χ2v) is 8.03. The van der Waals surface area contributed by atoms with Crippen LogP contribution < -0.4 is 15.0 Å². The Labute approximate surface area is 155 Å². The smallest absolute Gasteiger partial charge is 0.311 e. The lowest BCUT2D eigenvalue weighted by atomic mass is 9.79. The van der Waals surface area contributed by atoms with Crippen LogP contribution in [0.2, 0.25) is 0 Å². The molecule has 2 saturated heterocycles. The number of nitro groups is 1. The number of nitrogens with one attached hydrogen (secondary N) is 1. The molecule has 26 heavy (non-hydrogen) atoms. The Bertz CT molecular complexity index is 661. The fourth-order valence-electron chi connectivity index (χ4n) is 4.80. The summed E-state index contributed by atoms with van der Waals surface area (Å²) >= 11 is 0. The second kappa shape index (κ2) is 7.43. The van der Waals surface area contributed by atoms with Gasteiger partial charge in [-0.15, -0.1) is 0 Å². The van der Waals surface area contributed by atoms with E-state index in [0.717, 1.165) is 56.4 Å². The van der Waals surface area contributed by atoms with Crippen LogP contribution in [0, 0.1) is 22.0 Å². The van der Waals surface area contributed by atoms with E-state index in [9.17, 15) is 10.1 Å². The number of rotatable bonds is 5. The fraction of sp³-hybridized carbons (Fsp3) is 0.700. The molecule has 0 atom stereocenters. The molecule has 2 aliphatic heterocycles. The molecule has 0 aromatic heterocycles. The van der Waals surface area contributed by atoms with E-state index in [-0.39, 0.29) is 10.6 Å². The molecule has 0 bridgehead atoms. The van der Waals surface area contributed by atoms with Gasteiger partial charge in [-0.2, -0.15) is 0 Å². The molecule has 6 nitrogen and oxygen atoms in total. The van der Waals surface area contributed by atoms with Crippen molar-refractivity contribution in [2.45, 2.75) is 44.4 Å². The normalized spacial score (nSPS) is 22.4. The van der Waals surface area contributed by atoms with E-state index in [1.165, 1.54) is 38.5 Å². The average Bonchev–Trinajstić information content (AvgIpc) is 3.53. The monoisotopic (exact) mass is 359 g/mol. The van der Waals surface area contributed by atoms with Crippen LogP contribution in [0.1, 0.15) is 50.0 Å². The molecule has 0 radical (unpaired) electrons. The standard InChI is InChI=1S/C20H29N3O3/c1-26-20-13-18(17(16-2-3-16)12-19(20)23(24)25)22-10-6-15(7-11-22)14-4-8-21-9-5-14/h12-16,21H,2-11H2,1H3. The summed E-state index contributed by atoms with van der Waals surface area (Å²) in [5, 5.41) is 14.9. The van der Waals surface area contributed by atoms with Gasteiger partial charge in [0.05, 0.1) is 12.0 Å². The first-order valence-electron chi connectivity index (χ1n) is 9.99. The van der Waals surface area contributed by atoms with Crippen molar-refractivity contribution >= 4 is 11.4 Å². The maximum absolute atomic E-state index is 11.4. The summed E-state index contributed by atoms with van der Waals surface area (Å²) < 4.78 is 5.33. The van der Waals surface area contributed by atoms with Gasteiger partial charge >= 0.3 is 5.69 Å². The van der Waals surface area contributed by atoms with Crippen LogP contribution in [-0.4, -0.2) is 38.2 Å². The number of nitrogens with zero attached hydrogens (tertiary/aromatic N) is 2. The topological polar surface area (TPSA) is 67.6 Å². The van der Waals surface area contributed by atoms with Crippen molar-refractivity contribution in [3.05, 3.63) is 27.8 Å². The number of nitro benzene ring substituents is 1. The zero-order valence-electron chi connectivity index (χ0n) is 15.6. The molecule has 1 aromatic rings. The highest BCUT2D eigenvalue weighted by molar-refractivity contribution is 5.66. The minimum absolute atomic E-state index is 0.0998. The molecule has 4 rings (SSSR count). The Morgan fingerprint density at radius 3 is 2.31 bits per heavy atom. The number of benzene rings is 1. The quantitative estimate of drug-likeness (QED) is 0.641. The highest BCUT2D eigenvalue weighted by Crippen LogP contribution is 2.48. The van der Waals surface area contributed by atoms with Crippen LogP contribution >= 0.6 is 0 Å². The van der Waals surface area contributed by atoms with Gasteiger partial charge in [0.1, 0.15) is 0 Å². The highest BCUT2D eigenvalue weighted by Gasteiger charge is 2.34. The zero-order valence-corrected chi connectivity index (χ0v) is 15.6. The van der Waals surface area contributed by atoms with Crippen molar-refractivity contribution in [1.82, 2.24) is 5.32 Å². The predicted octanol–water partition coefficient (Wildman–Crippen LogP) is 3.70. The van der Waals surface area contributed by atoms with E-state index in [1.54, 1.807) is 6.07 Å². The molecule has 6 heteroatoms. The van der Waals surface area contributed by atoms with Gasteiger partial charge in [0.15, 0.2) is 5.75 Å². The van der Waals surface area contributed by atoms with Gasteiger partial charge in [-0.25, -0.2) is 0 Å². The number of hydrogen-bond donors (Lipinski definition) is 1. The molecule has 1 N–H and O–H groups in total. The number of piperidine rings is 2. The summed E-state index contributed by atoms with van der Waals surface area (Å²) in [4.78, 5) is 13.5. The van der Waals surface area contributed by atoms with Crippen molar-refractivity contribution in [2.24, 2.45) is 11.8 Å². The lowest BCUT2D eigenvalue weighted by molar-refractivity contribution is -0.385. The first-order valence-corrected chi connectivity index (χ1v) is 9.99. The van der Waals surface area contributed by atoms with Crippen LogP contribution in [0.15, 0.2) is 12.1 Å². The summed E-state index contributed by atoms with van der Waals surface area (Å²) in [6, 6.07) is 3.68. The van der Waals surface area contributed by atoms with Crippen LogP contribution in [0.4, 0.5) is 11.4 Å². The Balaban J connectivity index is 1.53. The second-order valence-electron chi connectivity index (χ2n) is 8.03. The lowest BCUT2D eigenvalue weighted by Gasteiger charge is -2.39. The van der Waals surface area contributed by atoms with E-state index < -0.39 is 0 Å². The van der Waals surface area contributed by atoms with Gasteiger partial charge in [-0.1, -0.05) is 0 Å². The van der Waals surface area contributed by atoms with E-state index in [0.29, 0.717) is 11.7 Å². The van der Waals surface area contributed by atoms with Gasteiger partial charge in [0.25, 0.3) is 0 Å². The maximum Gasteiger partial charge on any atom is 0.311 e. The Morgan fingerprint density at radius 1 is 1.08 bits per heavy atom. The molecule has 1 saturated carbocycles. The van der Waals surface area contributed by atoms with Crippen LogP contribution in [0.25, 0.3) is 0 Å². The van der Waals surface area contributed by atoms with Crippen molar-refractivity contribution in [1.29, 1.82) is 0 Å². The van der Waals surface area contributed by atoms with E-state index >= 15 is 0 Å². The lowest BCUT2D eigenvalue weighted by Crippen LogP contribution is -2.39. The summed E-state index contributed by atoms with van der Waals surface area (Å²) in [5.41, 5.74) is 2.42. The largest absolute Gasteiger partial charge is 0.490 e. The van der Waals surface area contributed by atoms with Crippen LogP contribution in [0.3, 0.4) is 0 Å². The minimum atomic E-state index is -0.322. The number of ether oxygens (including phenoxy) is 1. The molecule has 0 spiro atoms. The Morgan fingerprint density at radius 2 is 1.73 bits per heavy atom. The molecule has 1 aliphatic carbocycles. The maximum atomic E-state index is 11.4. The summed E-state index contributed by atoms with van der Waals surface area (Å²) in [6.45, 7) is 4.43. The molecule has 142 valence electrons. The third-order valence-corrected chi connectivity index (χ3v) is 6.47. The van der Waals surface area contributed by atoms with Gasteiger partial charge in [0.2, 0.25) is 0 Å². The third kappa shape index (κ3) is 3.52. The zero-order chi connectivity index (χ0) is 18.1. The van der Waals surface area contributed by atoms with Gasteiger partial charge in [-0.3, -0.25) is 10.1 Å². The first-order chi connectivity index (χ1) is 12.7. The Hall–Kier alpha value is -1.82. The highest BCUT2D eigenvalue weighted by atomic mass is 16.6. The first kappa shape index (κ1) is 17.6. The molecular weight excluding hydrogens is 330 g/mol. The molecule has 1 aromatic carbocycles. The van der Waals surface area contributed by atoms with Crippen molar-refractivity contribution in [3.8, 4) is 5.75 Å². The van der Waals surface area contributed by atoms with Gasteiger partial charge in [-0.05, 0) is 74.9 Å².